The molecule has 0 aliphatic rings. The van der Waals surface area contributed by atoms with Crippen molar-refractivity contribution in [1.82, 2.24) is 0 Å². The summed E-state index contributed by atoms with van der Waals surface area (Å²) in [6.45, 7) is -2.88. The second-order valence-corrected chi connectivity index (χ2v) is 3.52. The summed E-state index contributed by atoms with van der Waals surface area (Å²) in [6.07, 6.45) is 0.0485. The summed E-state index contributed by atoms with van der Waals surface area (Å²) < 4.78 is 28.9. The van der Waals surface area contributed by atoms with E-state index < -0.39 is 6.61 Å². The highest BCUT2D eigenvalue weighted by molar-refractivity contribution is 5.85. The Labute approximate surface area is 97.0 Å². The summed E-state index contributed by atoms with van der Waals surface area (Å²) in [6, 6.07) is 12.5. The molecular weight excluding hydrogens is 224 g/mol. The van der Waals surface area contributed by atoms with Gasteiger partial charge in [-0.1, -0.05) is 24.3 Å². The van der Waals surface area contributed by atoms with E-state index in [0.29, 0.717) is 5.56 Å². The number of rotatable bonds is 3. The lowest BCUT2D eigenvalue weighted by Gasteiger charge is -2.10. The molecule has 0 amide bonds. The molecular formula is C13H9F2NO. The van der Waals surface area contributed by atoms with E-state index in [1.807, 2.05) is 30.3 Å². The van der Waals surface area contributed by atoms with E-state index in [4.69, 9.17) is 5.26 Å². The number of benzene rings is 2. The van der Waals surface area contributed by atoms with Gasteiger partial charge in [0.1, 0.15) is 5.75 Å². The van der Waals surface area contributed by atoms with E-state index in [0.717, 1.165) is 10.8 Å². The average Bonchev–Trinajstić information content (AvgIpc) is 2.29. The molecule has 0 aliphatic carbocycles. The Morgan fingerprint density at radius 3 is 2.41 bits per heavy atom. The van der Waals surface area contributed by atoms with Crippen LogP contribution in [0.2, 0.25) is 0 Å². The van der Waals surface area contributed by atoms with Gasteiger partial charge in [-0.25, -0.2) is 0 Å². The number of nitriles is 1. The van der Waals surface area contributed by atoms with Gasteiger partial charge in [0, 0.05) is 5.56 Å². The van der Waals surface area contributed by atoms with Gasteiger partial charge in [-0.3, -0.25) is 0 Å². The van der Waals surface area contributed by atoms with E-state index in [-0.39, 0.29) is 12.2 Å². The van der Waals surface area contributed by atoms with Crippen molar-refractivity contribution in [3.63, 3.8) is 0 Å². The highest BCUT2D eigenvalue weighted by Crippen LogP contribution is 2.27. The predicted octanol–water partition coefficient (Wildman–Crippen LogP) is 3.51. The van der Waals surface area contributed by atoms with Gasteiger partial charge < -0.3 is 4.74 Å². The molecule has 0 saturated heterocycles. The Morgan fingerprint density at radius 2 is 1.82 bits per heavy atom. The fourth-order valence-corrected chi connectivity index (χ4v) is 1.70. The lowest BCUT2D eigenvalue weighted by molar-refractivity contribution is -0.0502. The third kappa shape index (κ3) is 2.51. The molecule has 0 N–H and O–H groups in total. The van der Waals surface area contributed by atoms with Crippen molar-refractivity contribution in [2.75, 3.05) is 0 Å². The molecule has 2 nitrogen and oxygen atoms in total. The van der Waals surface area contributed by atoms with Gasteiger partial charge in [-0.05, 0) is 22.9 Å². The molecule has 2 rings (SSSR count). The molecule has 0 bridgehead atoms. The standard InChI is InChI=1S/C13H9F2NO/c14-13(15)17-12-8-10-4-2-1-3-9(10)7-11(12)5-6-16/h1-4,7-8,13H,5H2. The third-order valence-corrected chi connectivity index (χ3v) is 2.41. The van der Waals surface area contributed by atoms with Gasteiger partial charge in [0.05, 0.1) is 12.5 Å². The number of ether oxygens (including phenoxy) is 1. The van der Waals surface area contributed by atoms with Gasteiger partial charge >= 0.3 is 6.61 Å². The summed E-state index contributed by atoms with van der Waals surface area (Å²) in [4.78, 5) is 0. The predicted molar refractivity (Wildman–Crippen MR) is 59.9 cm³/mol. The quantitative estimate of drug-likeness (QED) is 0.812. The van der Waals surface area contributed by atoms with Crippen LogP contribution in [0, 0.1) is 11.3 Å². The van der Waals surface area contributed by atoms with Crippen LogP contribution in [0.3, 0.4) is 0 Å². The van der Waals surface area contributed by atoms with Crippen molar-refractivity contribution in [3.05, 3.63) is 42.0 Å². The topological polar surface area (TPSA) is 33.0 Å². The van der Waals surface area contributed by atoms with Crippen molar-refractivity contribution in [3.8, 4) is 11.8 Å². The fourth-order valence-electron chi connectivity index (χ4n) is 1.70. The van der Waals surface area contributed by atoms with Crippen LogP contribution in [0.1, 0.15) is 5.56 Å². The zero-order valence-corrected chi connectivity index (χ0v) is 8.86. The SMILES string of the molecule is N#CCc1cc2ccccc2cc1OC(F)F. The van der Waals surface area contributed by atoms with Crippen molar-refractivity contribution >= 4 is 10.8 Å². The third-order valence-electron chi connectivity index (χ3n) is 2.41. The number of fused-ring (bicyclic) bond motifs is 1. The van der Waals surface area contributed by atoms with E-state index in [1.165, 1.54) is 6.07 Å². The first-order chi connectivity index (χ1) is 8.20. The lowest BCUT2D eigenvalue weighted by atomic mass is 10.0. The second kappa shape index (κ2) is 4.79. The number of nitrogens with zero attached hydrogens (tertiary/aromatic N) is 1. The number of hydrogen-bond acceptors (Lipinski definition) is 2. The smallest absolute Gasteiger partial charge is 0.387 e. The van der Waals surface area contributed by atoms with Gasteiger partial charge in [0.25, 0.3) is 0 Å². The zero-order valence-electron chi connectivity index (χ0n) is 8.86. The van der Waals surface area contributed by atoms with Crippen molar-refractivity contribution in [1.29, 1.82) is 5.26 Å². The molecule has 0 saturated carbocycles. The normalized spacial score (nSPS) is 10.5. The molecule has 17 heavy (non-hydrogen) atoms. The first kappa shape index (κ1) is 11.3. The van der Waals surface area contributed by atoms with Crippen LogP contribution >= 0.6 is 0 Å². The minimum absolute atomic E-state index is 0.0485. The highest BCUT2D eigenvalue weighted by atomic mass is 19.3. The van der Waals surface area contributed by atoms with Crippen LogP contribution in [0.4, 0.5) is 8.78 Å². The van der Waals surface area contributed by atoms with Crippen LogP contribution in [0.25, 0.3) is 10.8 Å². The summed E-state index contributed by atoms with van der Waals surface area (Å²) in [7, 11) is 0. The molecule has 0 unspecified atom stereocenters. The first-order valence-electron chi connectivity index (χ1n) is 5.04. The summed E-state index contributed by atoms with van der Waals surface area (Å²) >= 11 is 0. The van der Waals surface area contributed by atoms with Gasteiger partial charge in [0.2, 0.25) is 0 Å². The minimum atomic E-state index is -2.88. The molecule has 0 atom stereocenters. The molecule has 0 aliphatic heterocycles. The maximum absolute atomic E-state index is 12.2. The lowest BCUT2D eigenvalue weighted by Crippen LogP contribution is -2.04. The van der Waals surface area contributed by atoms with Crippen LogP contribution in [0.5, 0.6) is 5.75 Å². The molecule has 2 aromatic rings. The largest absolute Gasteiger partial charge is 0.434 e. The Bertz CT molecular complexity index is 575. The second-order valence-electron chi connectivity index (χ2n) is 3.52. The Hall–Kier alpha value is -2.15. The maximum Gasteiger partial charge on any atom is 0.387 e. The minimum Gasteiger partial charge on any atom is -0.434 e. The first-order valence-corrected chi connectivity index (χ1v) is 5.04. The molecule has 4 heteroatoms. The van der Waals surface area contributed by atoms with E-state index in [2.05, 4.69) is 4.74 Å². The summed E-state index contributed by atoms with van der Waals surface area (Å²) in [5, 5.41) is 10.4. The monoisotopic (exact) mass is 233 g/mol. The molecule has 0 spiro atoms. The Balaban J connectivity index is 2.54. The highest BCUT2D eigenvalue weighted by Gasteiger charge is 2.10. The Kier molecular flexibility index (Phi) is 3.20. The number of halogens is 2. The average molecular weight is 233 g/mol. The van der Waals surface area contributed by atoms with Gasteiger partial charge in [-0.2, -0.15) is 14.0 Å². The molecule has 0 heterocycles. The Morgan fingerprint density at radius 1 is 1.18 bits per heavy atom. The maximum atomic E-state index is 12.2. The van der Waals surface area contributed by atoms with Crippen LogP contribution in [-0.4, -0.2) is 6.61 Å². The number of hydrogen-bond donors (Lipinski definition) is 0. The summed E-state index contributed by atoms with van der Waals surface area (Å²) in [5.74, 6) is 0.0697. The van der Waals surface area contributed by atoms with Crippen LogP contribution in [0.15, 0.2) is 36.4 Å². The number of alkyl halides is 2. The van der Waals surface area contributed by atoms with Crippen LogP contribution < -0.4 is 4.74 Å². The van der Waals surface area contributed by atoms with Crippen molar-refractivity contribution in [2.45, 2.75) is 13.0 Å². The molecule has 2 aromatic carbocycles. The van der Waals surface area contributed by atoms with Crippen molar-refractivity contribution < 1.29 is 13.5 Å². The molecule has 0 aromatic heterocycles. The van der Waals surface area contributed by atoms with E-state index in [1.54, 1.807) is 6.07 Å². The molecule has 0 radical (unpaired) electrons. The van der Waals surface area contributed by atoms with Gasteiger partial charge in [-0.15, -0.1) is 0 Å². The van der Waals surface area contributed by atoms with Gasteiger partial charge in [0.15, 0.2) is 0 Å². The zero-order chi connectivity index (χ0) is 12.3. The fraction of sp³-hybridized carbons (Fsp3) is 0.154. The van der Waals surface area contributed by atoms with Crippen LogP contribution in [-0.2, 0) is 6.42 Å². The van der Waals surface area contributed by atoms with E-state index in [9.17, 15) is 8.78 Å². The summed E-state index contributed by atoms with van der Waals surface area (Å²) in [5.41, 5.74) is 0.478. The molecule has 86 valence electrons. The van der Waals surface area contributed by atoms with E-state index >= 15 is 0 Å². The van der Waals surface area contributed by atoms with Crippen molar-refractivity contribution in [2.24, 2.45) is 0 Å². The molecule has 0 fully saturated rings.